The second kappa shape index (κ2) is 6.96. The van der Waals surface area contributed by atoms with Crippen LogP contribution in [0.4, 0.5) is 5.69 Å². The number of Topliss-reactive ketones (excluding diaryl/α,β-unsaturated/α-hetero) is 1. The summed E-state index contributed by atoms with van der Waals surface area (Å²) in [5.74, 6) is 0.176. The van der Waals surface area contributed by atoms with Crippen LogP contribution in [-0.2, 0) is 17.6 Å². The predicted molar refractivity (Wildman–Crippen MR) is 79.1 cm³/mol. The van der Waals surface area contributed by atoms with E-state index >= 15 is 0 Å². The SMILES string of the molecule is O=C(CCCc1cccs1)Cc1ccc([N+](=O)[O-])cc1. The Morgan fingerprint density at radius 3 is 2.55 bits per heavy atom. The number of hydrogen-bond donors (Lipinski definition) is 0. The number of hydrogen-bond acceptors (Lipinski definition) is 4. The average Bonchev–Trinajstić information content (AvgIpc) is 2.92. The molecule has 104 valence electrons. The highest BCUT2D eigenvalue weighted by molar-refractivity contribution is 7.09. The number of carbonyl (C=O) groups is 1. The summed E-state index contributed by atoms with van der Waals surface area (Å²) in [4.78, 5) is 23.2. The lowest BCUT2D eigenvalue weighted by Crippen LogP contribution is -2.03. The van der Waals surface area contributed by atoms with E-state index in [1.165, 1.54) is 17.0 Å². The van der Waals surface area contributed by atoms with Crippen LogP contribution < -0.4 is 0 Å². The van der Waals surface area contributed by atoms with Crippen molar-refractivity contribution in [2.45, 2.75) is 25.7 Å². The minimum absolute atomic E-state index is 0.0545. The van der Waals surface area contributed by atoms with Crippen LogP contribution in [0.15, 0.2) is 41.8 Å². The van der Waals surface area contributed by atoms with Crippen molar-refractivity contribution >= 4 is 22.8 Å². The number of nitro groups is 1. The van der Waals surface area contributed by atoms with Gasteiger partial charge in [-0.3, -0.25) is 14.9 Å². The Labute approximate surface area is 121 Å². The molecule has 0 aliphatic carbocycles. The molecule has 2 rings (SSSR count). The maximum Gasteiger partial charge on any atom is 0.269 e. The van der Waals surface area contributed by atoms with E-state index in [4.69, 9.17) is 0 Å². The summed E-state index contributed by atoms with van der Waals surface area (Å²) in [6.07, 6.45) is 2.69. The fourth-order valence-electron chi connectivity index (χ4n) is 1.97. The zero-order chi connectivity index (χ0) is 14.4. The number of aryl methyl sites for hydroxylation is 1. The number of carbonyl (C=O) groups excluding carboxylic acids is 1. The van der Waals surface area contributed by atoms with Crippen LogP contribution in [0.1, 0.15) is 23.3 Å². The molecule has 2 aromatic rings. The first-order valence-electron chi connectivity index (χ1n) is 6.42. The molecular formula is C15H15NO3S. The lowest BCUT2D eigenvalue weighted by molar-refractivity contribution is -0.384. The largest absolute Gasteiger partial charge is 0.299 e. The normalized spacial score (nSPS) is 10.4. The van der Waals surface area contributed by atoms with Gasteiger partial charge in [-0.25, -0.2) is 0 Å². The summed E-state index contributed by atoms with van der Waals surface area (Å²) in [7, 11) is 0. The molecule has 4 nitrogen and oxygen atoms in total. The summed E-state index contributed by atoms with van der Waals surface area (Å²) in [6, 6.07) is 10.3. The van der Waals surface area contributed by atoms with Gasteiger partial charge in [-0.05, 0) is 29.9 Å². The first kappa shape index (κ1) is 14.4. The van der Waals surface area contributed by atoms with Crippen molar-refractivity contribution < 1.29 is 9.72 Å². The Bertz CT molecular complexity index is 576. The molecule has 0 amide bonds. The van der Waals surface area contributed by atoms with Crippen molar-refractivity contribution in [3.8, 4) is 0 Å². The third-order valence-electron chi connectivity index (χ3n) is 3.01. The maximum atomic E-state index is 11.8. The van der Waals surface area contributed by atoms with Crippen LogP contribution in [0.5, 0.6) is 0 Å². The van der Waals surface area contributed by atoms with Crippen molar-refractivity contribution in [3.63, 3.8) is 0 Å². The van der Waals surface area contributed by atoms with E-state index in [9.17, 15) is 14.9 Å². The molecule has 20 heavy (non-hydrogen) atoms. The van der Waals surface area contributed by atoms with Crippen LogP contribution in [0.25, 0.3) is 0 Å². The third kappa shape index (κ3) is 4.28. The molecule has 0 radical (unpaired) electrons. The van der Waals surface area contributed by atoms with E-state index in [2.05, 4.69) is 6.07 Å². The highest BCUT2D eigenvalue weighted by Gasteiger charge is 2.07. The second-order valence-electron chi connectivity index (χ2n) is 4.57. The highest BCUT2D eigenvalue weighted by atomic mass is 32.1. The number of nitro benzene ring substituents is 1. The molecule has 0 aliphatic rings. The Hall–Kier alpha value is -2.01. The van der Waals surface area contributed by atoms with E-state index in [-0.39, 0.29) is 11.5 Å². The molecule has 1 heterocycles. The van der Waals surface area contributed by atoms with Crippen LogP contribution in [0.2, 0.25) is 0 Å². The smallest absolute Gasteiger partial charge is 0.269 e. The monoisotopic (exact) mass is 289 g/mol. The molecule has 0 aliphatic heterocycles. The van der Waals surface area contributed by atoms with E-state index in [1.54, 1.807) is 23.5 Å². The molecule has 1 aromatic heterocycles. The zero-order valence-electron chi connectivity index (χ0n) is 11.0. The molecule has 0 N–H and O–H groups in total. The number of rotatable bonds is 7. The zero-order valence-corrected chi connectivity index (χ0v) is 11.8. The van der Waals surface area contributed by atoms with E-state index in [1.807, 2.05) is 11.4 Å². The van der Waals surface area contributed by atoms with Gasteiger partial charge in [-0.1, -0.05) is 18.2 Å². The van der Waals surface area contributed by atoms with Gasteiger partial charge in [0.05, 0.1) is 4.92 Å². The number of ketones is 1. The molecule has 0 saturated heterocycles. The Balaban J connectivity index is 1.77. The summed E-state index contributed by atoms with van der Waals surface area (Å²) in [6.45, 7) is 0. The number of non-ortho nitro benzene ring substituents is 1. The van der Waals surface area contributed by atoms with Crippen molar-refractivity contribution in [2.75, 3.05) is 0 Å². The van der Waals surface area contributed by atoms with Crippen LogP contribution >= 0.6 is 11.3 Å². The summed E-state index contributed by atoms with van der Waals surface area (Å²) >= 11 is 1.71. The fourth-order valence-corrected chi connectivity index (χ4v) is 2.72. The first-order chi connectivity index (χ1) is 9.65. The van der Waals surface area contributed by atoms with Crippen molar-refractivity contribution in [3.05, 3.63) is 62.3 Å². The van der Waals surface area contributed by atoms with Crippen molar-refractivity contribution in [2.24, 2.45) is 0 Å². The molecule has 1 aromatic carbocycles. The van der Waals surface area contributed by atoms with E-state index in [0.29, 0.717) is 12.8 Å². The van der Waals surface area contributed by atoms with Crippen molar-refractivity contribution in [1.82, 2.24) is 0 Å². The van der Waals surface area contributed by atoms with Gasteiger partial charge in [0, 0.05) is 29.9 Å². The summed E-state index contributed by atoms with van der Waals surface area (Å²) in [5, 5.41) is 12.6. The lowest BCUT2D eigenvalue weighted by Gasteiger charge is -2.01. The summed E-state index contributed by atoms with van der Waals surface area (Å²) in [5.41, 5.74) is 0.885. The topological polar surface area (TPSA) is 60.2 Å². The standard InChI is InChI=1S/C15H15NO3S/c17-14(3-1-4-15-5-2-10-20-15)11-12-6-8-13(9-7-12)16(18)19/h2,5-10H,1,3-4,11H2. The Kier molecular flexibility index (Phi) is 5.01. The highest BCUT2D eigenvalue weighted by Crippen LogP contribution is 2.15. The quantitative estimate of drug-likeness (QED) is 0.575. The molecule has 0 saturated carbocycles. The van der Waals surface area contributed by atoms with E-state index in [0.717, 1.165) is 18.4 Å². The first-order valence-corrected chi connectivity index (χ1v) is 7.30. The molecule has 5 heteroatoms. The minimum Gasteiger partial charge on any atom is -0.299 e. The van der Waals surface area contributed by atoms with Gasteiger partial charge in [0.1, 0.15) is 5.78 Å². The Morgan fingerprint density at radius 1 is 1.20 bits per heavy atom. The van der Waals surface area contributed by atoms with Crippen LogP contribution in [0, 0.1) is 10.1 Å². The van der Waals surface area contributed by atoms with Gasteiger partial charge in [0.15, 0.2) is 0 Å². The van der Waals surface area contributed by atoms with Gasteiger partial charge >= 0.3 is 0 Å². The van der Waals surface area contributed by atoms with Gasteiger partial charge in [0.2, 0.25) is 0 Å². The van der Waals surface area contributed by atoms with Gasteiger partial charge in [0.25, 0.3) is 5.69 Å². The van der Waals surface area contributed by atoms with Gasteiger partial charge in [-0.2, -0.15) is 0 Å². The number of thiophene rings is 1. The maximum absolute atomic E-state index is 11.8. The number of benzene rings is 1. The molecule has 0 unspecified atom stereocenters. The van der Waals surface area contributed by atoms with E-state index < -0.39 is 4.92 Å². The molecular weight excluding hydrogens is 274 g/mol. The van der Waals surface area contributed by atoms with Crippen LogP contribution in [-0.4, -0.2) is 10.7 Å². The average molecular weight is 289 g/mol. The van der Waals surface area contributed by atoms with Gasteiger partial charge in [-0.15, -0.1) is 11.3 Å². The molecule has 0 atom stereocenters. The second-order valence-corrected chi connectivity index (χ2v) is 5.60. The Morgan fingerprint density at radius 2 is 1.95 bits per heavy atom. The van der Waals surface area contributed by atoms with Gasteiger partial charge < -0.3 is 0 Å². The van der Waals surface area contributed by atoms with Crippen molar-refractivity contribution in [1.29, 1.82) is 0 Å². The lowest BCUT2D eigenvalue weighted by atomic mass is 10.0. The van der Waals surface area contributed by atoms with Crippen LogP contribution in [0.3, 0.4) is 0 Å². The minimum atomic E-state index is -0.438. The summed E-state index contributed by atoms with van der Waals surface area (Å²) < 4.78 is 0. The molecule has 0 spiro atoms. The molecule has 0 bridgehead atoms. The third-order valence-corrected chi connectivity index (χ3v) is 3.94. The fraction of sp³-hybridized carbons (Fsp3) is 0.267. The predicted octanol–water partition coefficient (Wildman–Crippen LogP) is 3.79. The molecule has 0 fully saturated rings. The number of nitrogens with zero attached hydrogens (tertiary/aromatic N) is 1.